The van der Waals surface area contributed by atoms with E-state index >= 15 is 0 Å². The standard InChI is InChI=1S/C13H15F3N2O3/c14-13(15,16)21-10-5-3-9(4-6-10)18-12(19)17-8-11-2-1-7-20-11/h3-6,11H,1-2,7-8H2,(H2,17,18,19). The molecule has 5 nitrogen and oxygen atoms in total. The third kappa shape index (κ3) is 5.50. The second-order valence-electron chi connectivity index (χ2n) is 4.54. The van der Waals surface area contributed by atoms with Crippen LogP contribution in [0.25, 0.3) is 0 Å². The zero-order valence-corrected chi connectivity index (χ0v) is 11.1. The van der Waals surface area contributed by atoms with Crippen LogP contribution in [0.5, 0.6) is 5.75 Å². The monoisotopic (exact) mass is 304 g/mol. The summed E-state index contributed by atoms with van der Waals surface area (Å²) in [5.74, 6) is -0.340. The van der Waals surface area contributed by atoms with Gasteiger partial charge in [0.15, 0.2) is 0 Å². The molecule has 21 heavy (non-hydrogen) atoms. The van der Waals surface area contributed by atoms with Crippen LogP contribution in [-0.4, -0.2) is 31.6 Å². The van der Waals surface area contributed by atoms with Crippen molar-refractivity contribution in [3.8, 4) is 5.75 Å². The number of urea groups is 1. The zero-order valence-electron chi connectivity index (χ0n) is 11.1. The second-order valence-corrected chi connectivity index (χ2v) is 4.54. The quantitative estimate of drug-likeness (QED) is 0.899. The Labute approximate surface area is 119 Å². The van der Waals surface area contributed by atoms with Gasteiger partial charge in [-0.3, -0.25) is 0 Å². The highest BCUT2D eigenvalue weighted by Crippen LogP contribution is 2.23. The first-order valence-corrected chi connectivity index (χ1v) is 6.45. The minimum Gasteiger partial charge on any atom is -0.406 e. The van der Waals surface area contributed by atoms with Crippen LogP contribution in [0.2, 0.25) is 0 Å². The van der Waals surface area contributed by atoms with E-state index in [2.05, 4.69) is 15.4 Å². The van der Waals surface area contributed by atoms with E-state index < -0.39 is 12.4 Å². The molecule has 1 aliphatic rings. The Kier molecular flexibility index (Phi) is 4.89. The average Bonchev–Trinajstić information content (AvgIpc) is 2.90. The number of anilines is 1. The van der Waals surface area contributed by atoms with E-state index in [0.29, 0.717) is 18.8 Å². The molecule has 0 aliphatic carbocycles. The number of hydrogen-bond acceptors (Lipinski definition) is 3. The summed E-state index contributed by atoms with van der Waals surface area (Å²) < 4.78 is 45.0. The molecule has 1 fully saturated rings. The highest BCUT2D eigenvalue weighted by Gasteiger charge is 2.30. The van der Waals surface area contributed by atoms with Crippen LogP contribution < -0.4 is 15.4 Å². The van der Waals surface area contributed by atoms with Crippen molar-refractivity contribution in [3.63, 3.8) is 0 Å². The maximum Gasteiger partial charge on any atom is 0.573 e. The lowest BCUT2D eigenvalue weighted by Crippen LogP contribution is -2.35. The second kappa shape index (κ2) is 6.66. The molecular formula is C13H15F3N2O3. The molecule has 116 valence electrons. The maximum atomic E-state index is 12.0. The number of hydrogen-bond donors (Lipinski definition) is 2. The number of rotatable bonds is 4. The summed E-state index contributed by atoms with van der Waals surface area (Å²) in [7, 11) is 0. The van der Waals surface area contributed by atoms with E-state index in [9.17, 15) is 18.0 Å². The first-order valence-electron chi connectivity index (χ1n) is 6.45. The van der Waals surface area contributed by atoms with Crippen molar-refractivity contribution < 1.29 is 27.4 Å². The molecule has 8 heteroatoms. The van der Waals surface area contributed by atoms with Gasteiger partial charge in [0.25, 0.3) is 0 Å². The number of carbonyl (C=O) groups excluding carboxylic acids is 1. The van der Waals surface area contributed by atoms with Crippen molar-refractivity contribution in [2.75, 3.05) is 18.5 Å². The Hall–Kier alpha value is -1.96. The Balaban J connectivity index is 1.78. The van der Waals surface area contributed by atoms with Gasteiger partial charge in [0, 0.05) is 18.8 Å². The zero-order chi connectivity index (χ0) is 15.3. The van der Waals surface area contributed by atoms with E-state index in [1.165, 1.54) is 12.1 Å². The molecule has 1 unspecified atom stereocenters. The highest BCUT2D eigenvalue weighted by atomic mass is 19.4. The van der Waals surface area contributed by atoms with Crippen LogP contribution in [0, 0.1) is 0 Å². The van der Waals surface area contributed by atoms with E-state index in [-0.39, 0.29) is 11.9 Å². The number of benzene rings is 1. The Bertz CT molecular complexity index is 471. The van der Waals surface area contributed by atoms with Crippen LogP contribution in [0.3, 0.4) is 0 Å². The molecule has 1 heterocycles. The minimum absolute atomic E-state index is 0.0262. The number of halogens is 3. The normalized spacial score (nSPS) is 18.3. The van der Waals surface area contributed by atoms with Gasteiger partial charge in [0.1, 0.15) is 5.75 Å². The van der Waals surface area contributed by atoms with E-state index in [1.54, 1.807) is 0 Å². The van der Waals surface area contributed by atoms with E-state index in [1.807, 2.05) is 0 Å². The molecule has 1 aromatic carbocycles. The molecule has 0 bridgehead atoms. The Morgan fingerprint density at radius 2 is 2.05 bits per heavy atom. The van der Waals surface area contributed by atoms with Crippen LogP contribution >= 0.6 is 0 Å². The molecule has 0 aromatic heterocycles. The summed E-state index contributed by atoms with van der Waals surface area (Å²) in [6, 6.07) is 4.47. The summed E-state index contributed by atoms with van der Waals surface area (Å²) in [4.78, 5) is 11.6. The third-order valence-corrected chi connectivity index (χ3v) is 2.86. The molecule has 1 aliphatic heterocycles. The van der Waals surface area contributed by atoms with Crippen LogP contribution in [0.4, 0.5) is 23.7 Å². The fraction of sp³-hybridized carbons (Fsp3) is 0.462. The summed E-state index contributed by atoms with van der Waals surface area (Å²) in [5.41, 5.74) is 0.370. The fourth-order valence-electron chi connectivity index (χ4n) is 1.93. The summed E-state index contributed by atoms with van der Waals surface area (Å²) >= 11 is 0. The van der Waals surface area contributed by atoms with E-state index in [4.69, 9.17) is 4.74 Å². The summed E-state index contributed by atoms with van der Waals surface area (Å²) in [6.45, 7) is 1.11. The van der Waals surface area contributed by atoms with Crippen molar-refractivity contribution in [1.82, 2.24) is 5.32 Å². The average molecular weight is 304 g/mol. The highest BCUT2D eigenvalue weighted by molar-refractivity contribution is 5.89. The van der Waals surface area contributed by atoms with E-state index in [0.717, 1.165) is 25.0 Å². The van der Waals surface area contributed by atoms with Crippen molar-refractivity contribution in [2.45, 2.75) is 25.3 Å². The van der Waals surface area contributed by atoms with Gasteiger partial charge in [-0.25, -0.2) is 4.79 Å². The number of carbonyl (C=O) groups is 1. The van der Waals surface area contributed by atoms with Crippen LogP contribution in [-0.2, 0) is 4.74 Å². The maximum absolute atomic E-state index is 12.0. The van der Waals surface area contributed by atoms with Gasteiger partial charge in [-0.2, -0.15) is 0 Å². The largest absolute Gasteiger partial charge is 0.573 e. The predicted molar refractivity (Wildman–Crippen MR) is 69.1 cm³/mol. The van der Waals surface area contributed by atoms with Crippen LogP contribution in [0.15, 0.2) is 24.3 Å². The lowest BCUT2D eigenvalue weighted by molar-refractivity contribution is -0.274. The van der Waals surface area contributed by atoms with Gasteiger partial charge < -0.3 is 20.1 Å². The SMILES string of the molecule is O=C(NCC1CCCO1)Nc1ccc(OC(F)(F)F)cc1. The van der Waals surface area contributed by atoms with Crippen molar-refractivity contribution in [3.05, 3.63) is 24.3 Å². The van der Waals surface area contributed by atoms with Gasteiger partial charge in [0.05, 0.1) is 6.10 Å². The molecule has 1 saturated heterocycles. The summed E-state index contributed by atoms with van der Waals surface area (Å²) in [5, 5.41) is 5.15. The molecule has 2 rings (SSSR count). The molecule has 0 spiro atoms. The topological polar surface area (TPSA) is 59.6 Å². The summed E-state index contributed by atoms with van der Waals surface area (Å²) in [6.07, 6.45) is -2.82. The van der Waals surface area contributed by atoms with Crippen molar-refractivity contribution in [1.29, 1.82) is 0 Å². The lowest BCUT2D eigenvalue weighted by atomic mass is 10.2. The Morgan fingerprint density at radius 1 is 1.33 bits per heavy atom. The number of alkyl halides is 3. The first kappa shape index (κ1) is 15.4. The third-order valence-electron chi connectivity index (χ3n) is 2.86. The van der Waals surface area contributed by atoms with Crippen molar-refractivity contribution in [2.24, 2.45) is 0 Å². The van der Waals surface area contributed by atoms with Gasteiger partial charge >= 0.3 is 12.4 Å². The molecule has 1 aromatic rings. The van der Waals surface area contributed by atoms with Gasteiger partial charge in [0.2, 0.25) is 0 Å². The molecule has 2 amide bonds. The number of ether oxygens (including phenoxy) is 2. The number of amides is 2. The molecule has 0 radical (unpaired) electrons. The molecule has 1 atom stereocenters. The molecule has 0 saturated carbocycles. The predicted octanol–water partition coefficient (Wildman–Crippen LogP) is 2.89. The molecule has 2 N–H and O–H groups in total. The van der Waals surface area contributed by atoms with Crippen LogP contribution in [0.1, 0.15) is 12.8 Å². The fourth-order valence-corrected chi connectivity index (χ4v) is 1.93. The lowest BCUT2D eigenvalue weighted by Gasteiger charge is -2.12. The van der Waals surface area contributed by atoms with Gasteiger partial charge in [-0.15, -0.1) is 13.2 Å². The van der Waals surface area contributed by atoms with Crippen molar-refractivity contribution >= 4 is 11.7 Å². The number of nitrogens with one attached hydrogen (secondary N) is 2. The first-order chi connectivity index (χ1) is 9.92. The minimum atomic E-state index is -4.73. The van der Waals surface area contributed by atoms with Gasteiger partial charge in [-0.1, -0.05) is 0 Å². The molecular weight excluding hydrogens is 289 g/mol. The smallest absolute Gasteiger partial charge is 0.406 e. The Morgan fingerprint density at radius 3 is 2.62 bits per heavy atom. The van der Waals surface area contributed by atoms with Gasteiger partial charge in [-0.05, 0) is 37.1 Å².